The zero-order valence-corrected chi connectivity index (χ0v) is 21.2. The number of likely N-dealkylation sites (tertiary alicyclic amines) is 1. The fraction of sp³-hybridized carbons (Fsp3) is 0.520. The molecule has 1 fully saturated rings. The van der Waals surface area contributed by atoms with Crippen molar-refractivity contribution in [3.8, 4) is 23.1 Å². The van der Waals surface area contributed by atoms with Crippen LogP contribution in [0, 0.1) is 22.8 Å². The third-order valence-electron chi connectivity index (χ3n) is 6.69. The minimum atomic E-state index is -4.74. The number of hydrogen-bond acceptors (Lipinski definition) is 8. The van der Waals surface area contributed by atoms with Crippen LogP contribution in [0.15, 0.2) is 29.4 Å². The summed E-state index contributed by atoms with van der Waals surface area (Å²) >= 11 is 0. The molecule has 0 radical (unpaired) electrons. The summed E-state index contributed by atoms with van der Waals surface area (Å²) < 4.78 is 85.9. The van der Waals surface area contributed by atoms with E-state index < -0.39 is 30.1 Å². The Kier molecular flexibility index (Phi) is 9.07. The van der Waals surface area contributed by atoms with Gasteiger partial charge in [0.1, 0.15) is 17.5 Å². The van der Waals surface area contributed by atoms with E-state index in [1.807, 2.05) is 0 Å². The predicted octanol–water partition coefficient (Wildman–Crippen LogP) is 6.14. The van der Waals surface area contributed by atoms with E-state index in [2.05, 4.69) is 15.4 Å². The predicted molar refractivity (Wildman–Crippen MR) is 130 cm³/mol. The molecule has 1 atom stereocenters. The van der Waals surface area contributed by atoms with Gasteiger partial charge in [-0.3, -0.25) is 0 Å². The van der Waals surface area contributed by atoms with E-state index in [4.69, 9.17) is 10.3 Å². The SMILES string of the molecule is CNc1cc(-c2ccc(OCCC3CCN(CC(C)(O)C(F)(F)F)CC3)c(C(F)(F)F)c2)nc(C#N)c1N=N. The van der Waals surface area contributed by atoms with Crippen LogP contribution >= 0.6 is 0 Å². The van der Waals surface area contributed by atoms with Crippen molar-refractivity contribution in [2.45, 2.75) is 44.1 Å². The Hall–Kier alpha value is -3.44. The first-order valence-electron chi connectivity index (χ1n) is 12.1. The lowest BCUT2D eigenvalue weighted by atomic mass is 9.93. The number of aliphatic hydroxyl groups is 1. The molecule has 1 aliphatic rings. The molecule has 1 aromatic carbocycles. The molecule has 3 rings (SSSR count). The largest absolute Gasteiger partial charge is 0.493 e. The molecule has 1 unspecified atom stereocenters. The van der Waals surface area contributed by atoms with Crippen LogP contribution in [0.1, 0.15) is 37.4 Å². The van der Waals surface area contributed by atoms with E-state index in [0.717, 1.165) is 13.0 Å². The Balaban J connectivity index is 1.68. The highest BCUT2D eigenvalue weighted by molar-refractivity contribution is 5.76. The summed E-state index contributed by atoms with van der Waals surface area (Å²) in [7, 11) is 1.52. The Morgan fingerprint density at radius 1 is 1.21 bits per heavy atom. The number of pyridine rings is 1. The molecule has 1 aromatic heterocycles. The highest BCUT2D eigenvalue weighted by atomic mass is 19.4. The number of rotatable bonds is 9. The van der Waals surface area contributed by atoms with Crippen molar-refractivity contribution in [3.63, 3.8) is 0 Å². The van der Waals surface area contributed by atoms with Crippen LogP contribution in [0.4, 0.5) is 37.7 Å². The van der Waals surface area contributed by atoms with E-state index in [-0.39, 0.29) is 46.6 Å². The van der Waals surface area contributed by atoms with Crippen molar-refractivity contribution >= 4 is 11.4 Å². The molecule has 14 heteroatoms. The molecule has 2 heterocycles. The minimum Gasteiger partial charge on any atom is -0.493 e. The normalized spacial score (nSPS) is 16.8. The molecule has 1 aliphatic heterocycles. The highest BCUT2D eigenvalue weighted by Gasteiger charge is 2.50. The lowest BCUT2D eigenvalue weighted by Crippen LogP contribution is -2.52. The van der Waals surface area contributed by atoms with Gasteiger partial charge in [-0.1, -0.05) is 0 Å². The van der Waals surface area contributed by atoms with E-state index in [1.54, 1.807) is 6.07 Å². The molecule has 1 saturated heterocycles. The maximum atomic E-state index is 13.9. The molecule has 212 valence electrons. The smallest absolute Gasteiger partial charge is 0.419 e. The second-order valence-electron chi connectivity index (χ2n) is 9.56. The number of benzene rings is 1. The Morgan fingerprint density at radius 3 is 2.41 bits per heavy atom. The van der Waals surface area contributed by atoms with Gasteiger partial charge in [-0.2, -0.15) is 36.7 Å². The molecule has 0 saturated carbocycles. The second kappa shape index (κ2) is 11.7. The zero-order chi connectivity index (χ0) is 29.0. The van der Waals surface area contributed by atoms with Crippen molar-refractivity contribution < 1.29 is 36.2 Å². The van der Waals surface area contributed by atoms with Crippen LogP contribution in [0.3, 0.4) is 0 Å². The monoisotopic (exact) mass is 558 g/mol. The summed E-state index contributed by atoms with van der Waals surface area (Å²) in [5.41, 5.74) is 3.57. The van der Waals surface area contributed by atoms with E-state index in [1.165, 1.54) is 30.1 Å². The van der Waals surface area contributed by atoms with Gasteiger partial charge in [-0.25, -0.2) is 10.5 Å². The fourth-order valence-corrected chi connectivity index (χ4v) is 4.40. The fourth-order valence-electron chi connectivity index (χ4n) is 4.40. The number of β-amino-alcohol motifs (C(OH)–C–C–N with tert-alkyl or cyclic N) is 1. The number of aromatic nitrogens is 1. The molecular weight excluding hydrogens is 530 g/mol. The Labute approximate surface area is 221 Å². The van der Waals surface area contributed by atoms with Gasteiger partial charge in [0.15, 0.2) is 11.3 Å². The van der Waals surface area contributed by atoms with Gasteiger partial charge >= 0.3 is 12.4 Å². The van der Waals surface area contributed by atoms with Crippen LogP contribution in [0.2, 0.25) is 0 Å². The number of nitrogens with one attached hydrogen (secondary N) is 2. The van der Waals surface area contributed by atoms with Gasteiger partial charge in [-0.15, -0.1) is 0 Å². The number of nitriles is 1. The van der Waals surface area contributed by atoms with Crippen molar-refractivity contribution in [3.05, 3.63) is 35.5 Å². The average Bonchev–Trinajstić information content (AvgIpc) is 2.87. The average molecular weight is 559 g/mol. The van der Waals surface area contributed by atoms with Gasteiger partial charge < -0.3 is 20.1 Å². The molecule has 0 aliphatic carbocycles. The summed E-state index contributed by atoms with van der Waals surface area (Å²) in [6.07, 6.45) is -8.01. The highest BCUT2D eigenvalue weighted by Crippen LogP contribution is 2.40. The number of ether oxygens (including phenoxy) is 1. The maximum absolute atomic E-state index is 13.9. The first kappa shape index (κ1) is 30.1. The lowest BCUT2D eigenvalue weighted by molar-refractivity contribution is -0.258. The summed E-state index contributed by atoms with van der Waals surface area (Å²) in [6, 6.07) is 6.62. The molecule has 0 spiro atoms. The first-order chi connectivity index (χ1) is 18.2. The van der Waals surface area contributed by atoms with E-state index in [0.29, 0.717) is 32.4 Å². The molecule has 0 amide bonds. The van der Waals surface area contributed by atoms with Crippen molar-refractivity contribution in [2.24, 2.45) is 11.0 Å². The Bertz CT molecular complexity index is 1220. The van der Waals surface area contributed by atoms with Crippen LogP contribution in [0.5, 0.6) is 5.75 Å². The van der Waals surface area contributed by atoms with Gasteiger partial charge in [0.05, 0.1) is 23.6 Å². The van der Waals surface area contributed by atoms with Crippen molar-refractivity contribution in [1.82, 2.24) is 9.88 Å². The summed E-state index contributed by atoms with van der Waals surface area (Å²) in [4.78, 5) is 5.58. The standard InChI is InChI=1S/C25H28F6N6O2/c1-23(38,25(29,30)31)14-37-8-5-15(6-9-37)7-10-39-21-4-3-16(11-17(21)24(26,27)28)18-12-19(34-2)22(36-33)20(13-32)35-18/h3-4,11-12,15,33,38H,5-10,14H2,1-2H3,(H,34,35). The number of piperidine rings is 1. The van der Waals surface area contributed by atoms with Crippen LogP contribution < -0.4 is 10.1 Å². The molecule has 8 nitrogen and oxygen atoms in total. The van der Waals surface area contributed by atoms with Gasteiger partial charge in [-0.05, 0) is 69.5 Å². The molecule has 3 N–H and O–H groups in total. The summed E-state index contributed by atoms with van der Waals surface area (Å²) in [6.45, 7) is 0.836. The van der Waals surface area contributed by atoms with Crippen LogP contribution in [-0.2, 0) is 6.18 Å². The maximum Gasteiger partial charge on any atom is 0.419 e. The van der Waals surface area contributed by atoms with E-state index >= 15 is 0 Å². The number of hydrogen-bond donors (Lipinski definition) is 3. The molecule has 0 bridgehead atoms. The number of alkyl halides is 6. The zero-order valence-electron chi connectivity index (χ0n) is 21.2. The minimum absolute atomic E-state index is 0.0200. The van der Waals surface area contributed by atoms with E-state index in [9.17, 15) is 36.7 Å². The molecular formula is C25H28F6N6O2. The van der Waals surface area contributed by atoms with Crippen molar-refractivity contribution in [1.29, 1.82) is 10.8 Å². The second-order valence-corrected chi connectivity index (χ2v) is 9.56. The number of halogens is 6. The molecule has 39 heavy (non-hydrogen) atoms. The van der Waals surface area contributed by atoms with Gasteiger partial charge in [0, 0.05) is 19.2 Å². The Morgan fingerprint density at radius 2 is 1.87 bits per heavy atom. The first-order valence-corrected chi connectivity index (χ1v) is 12.1. The third kappa shape index (κ3) is 7.15. The topological polar surface area (TPSA) is 118 Å². The molecule has 2 aromatic rings. The lowest BCUT2D eigenvalue weighted by Gasteiger charge is -2.37. The van der Waals surface area contributed by atoms with Gasteiger partial charge in [0.2, 0.25) is 0 Å². The van der Waals surface area contributed by atoms with Crippen LogP contribution in [-0.4, -0.2) is 60.1 Å². The quantitative estimate of drug-likeness (QED) is 0.252. The van der Waals surface area contributed by atoms with Crippen LogP contribution in [0.25, 0.3) is 11.3 Å². The number of nitrogens with zero attached hydrogens (tertiary/aromatic N) is 4. The third-order valence-corrected chi connectivity index (χ3v) is 6.69. The van der Waals surface area contributed by atoms with Gasteiger partial charge in [0.25, 0.3) is 0 Å². The number of anilines is 1. The summed E-state index contributed by atoms with van der Waals surface area (Å²) in [5, 5.41) is 25.0. The summed E-state index contributed by atoms with van der Waals surface area (Å²) in [5.74, 6) is -0.322. The van der Waals surface area contributed by atoms with Crippen molar-refractivity contribution in [2.75, 3.05) is 38.6 Å².